The van der Waals surface area contributed by atoms with E-state index in [1.165, 1.54) is 49.8 Å². The number of carbonyl (C=O) groups excluding carboxylic acids is 1. The maximum Gasteiger partial charge on any atom is 0.256 e. The summed E-state index contributed by atoms with van der Waals surface area (Å²) in [5, 5.41) is 8.45. The number of nitrogens with zero attached hydrogens (tertiary/aromatic N) is 1. The van der Waals surface area contributed by atoms with E-state index in [0.717, 1.165) is 16.9 Å². The van der Waals surface area contributed by atoms with Crippen molar-refractivity contribution in [3.8, 4) is 0 Å². The summed E-state index contributed by atoms with van der Waals surface area (Å²) in [5.41, 5.74) is 2.49. The second-order valence-corrected chi connectivity index (χ2v) is 7.81. The van der Waals surface area contributed by atoms with Gasteiger partial charge in [-0.25, -0.2) is 0 Å². The van der Waals surface area contributed by atoms with Crippen LogP contribution in [0.4, 0.5) is 11.4 Å². The smallest absolute Gasteiger partial charge is 0.256 e. The van der Waals surface area contributed by atoms with Gasteiger partial charge in [-0.05, 0) is 43.7 Å². The number of anilines is 2. The van der Waals surface area contributed by atoms with Gasteiger partial charge in [0.2, 0.25) is 0 Å². The third kappa shape index (κ3) is 3.61. The minimum atomic E-state index is -0.0415. The van der Waals surface area contributed by atoms with E-state index in [2.05, 4.69) is 21.7 Å². The molecule has 24 heavy (non-hydrogen) atoms. The maximum atomic E-state index is 12.6. The summed E-state index contributed by atoms with van der Waals surface area (Å²) in [6, 6.07) is 4.55. The fraction of sp³-hybridized carbons (Fsp3) is 0.474. The largest absolute Gasteiger partial charge is 0.381 e. The van der Waals surface area contributed by atoms with Gasteiger partial charge in [0.1, 0.15) is 0 Å². The molecule has 0 radical (unpaired) electrons. The fourth-order valence-corrected chi connectivity index (χ4v) is 4.40. The van der Waals surface area contributed by atoms with Crippen molar-refractivity contribution in [3.63, 3.8) is 0 Å². The van der Waals surface area contributed by atoms with Gasteiger partial charge >= 0.3 is 0 Å². The molecule has 0 aliphatic heterocycles. The molecule has 0 saturated heterocycles. The molecule has 0 unspecified atom stereocenters. The number of amides is 1. The topological polar surface area (TPSA) is 54.0 Å². The van der Waals surface area contributed by atoms with E-state index in [9.17, 15) is 4.79 Å². The number of nitrogens with one attached hydrogen (secondary N) is 2. The lowest BCUT2D eigenvalue weighted by molar-refractivity contribution is 0.102. The van der Waals surface area contributed by atoms with Gasteiger partial charge < -0.3 is 10.6 Å². The Morgan fingerprint density at radius 1 is 1.12 bits per heavy atom. The van der Waals surface area contributed by atoms with Crippen molar-refractivity contribution in [1.29, 1.82) is 0 Å². The summed E-state index contributed by atoms with van der Waals surface area (Å²) in [4.78, 5) is 18.1. The SMILES string of the molecule is O=C(Nc1cnccc1NC1CC1)c1csc(C2CCCCC2)c1. The fourth-order valence-electron chi connectivity index (χ4n) is 3.34. The summed E-state index contributed by atoms with van der Waals surface area (Å²) in [7, 11) is 0. The van der Waals surface area contributed by atoms with Crippen LogP contribution in [0.1, 0.15) is 66.1 Å². The van der Waals surface area contributed by atoms with Gasteiger partial charge in [-0.1, -0.05) is 19.3 Å². The second-order valence-electron chi connectivity index (χ2n) is 6.87. The van der Waals surface area contributed by atoms with Crippen molar-refractivity contribution in [3.05, 3.63) is 40.3 Å². The summed E-state index contributed by atoms with van der Waals surface area (Å²) < 4.78 is 0. The van der Waals surface area contributed by atoms with Crippen molar-refractivity contribution >= 4 is 28.6 Å². The first kappa shape index (κ1) is 15.6. The van der Waals surface area contributed by atoms with Crippen LogP contribution in [0.2, 0.25) is 0 Å². The highest BCUT2D eigenvalue weighted by Crippen LogP contribution is 2.36. The van der Waals surface area contributed by atoms with E-state index in [-0.39, 0.29) is 5.91 Å². The Labute approximate surface area is 146 Å². The normalized spacial score (nSPS) is 18.3. The first-order valence-corrected chi connectivity index (χ1v) is 9.78. The molecule has 2 fully saturated rings. The third-order valence-electron chi connectivity index (χ3n) is 4.90. The first-order chi connectivity index (χ1) is 11.8. The van der Waals surface area contributed by atoms with E-state index in [0.29, 0.717) is 12.0 Å². The van der Waals surface area contributed by atoms with Crippen LogP contribution in [0.3, 0.4) is 0 Å². The average molecular weight is 341 g/mol. The van der Waals surface area contributed by atoms with Crippen LogP contribution in [0.5, 0.6) is 0 Å². The molecule has 5 heteroatoms. The molecule has 2 aliphatic rings. The van der Waals surface area contributed by atoms with Gasteiger partial charge in [-0.2, -0.15) is 0 Å². The molecule has 0 aromatic carbocycles. The van der Waals surface area contributed by atoms with Crippen LogP contribution >= 0.6 is 11.3 Å². The molecule has 4 rings (SSSR count). The zero-order chi connectivity index (χ0) is 16.4. The summed E-state index contributed by atoms with van der Waals surface area (Å²) in [5.74, 6) is 0.607. The molecule has 0 atom stereocenters. The number of aromatic nitrogens is 1. The van der Waals surface area contributed by atoms with E-state index in [1.807, 2.05) is 11.4 Å². The quantitative estimate of drug-likeness (QED) is 0.803. The van der Waals surface area contributed by atoms with Gasteiger partial charge in [0.15, 0.2) is 0 Å². The van der Waals surface area contributed by atoms with Crippen molar-refractivity contribution in [2.75, 3.05) is 10.6 Å². The van der Waals surface area contributed by atoms with Gasteiger partial charge in [0, 0.05) is 22.5 Å². The minimum absolute atomic E-state index is 0.0415. The Kier molecular flexibility index (Phi) is 4.52. The van der Waals surface area contributed by atoms with Gasteiger partial charge in [0.25, 0.3) is 5.91 Å². The number of rotatable bonds is 5. The monoisotopic (exact) mass is 341 g/mol. The predicted molar refractivity (Wildman–Crippen MR) is 99.0 cm³/mol. The molecule has 2 aliphatic carbocycles. The Morgan fingerprint density at radius 3 is 2.75 bits per heavy atom. The van der Waals surface area contributed by atoms with E-state index < -0.39 is 0 Å². The molecule has 0 bridgehead atoms. The zero-order valence-corrected chi connectivity index (χ0v) is 14.6. The minimum Gasteiger partial charge on any atom is -0.381 e. The highest BCUT2D eigenvalue weighted by atomic mass is 32.1. The number of hydrogen-bond acceptors (Lipinski definition) is 4. The molecule has 2 aromatic heterocycles. The van der Waals surface area contributed by atoms with E-state index >= 15 is 0 Å². The summed E-state index contributed by atoms with van der Waals surface area (Å²) in [6.07, 6.45) is 12.4. The molecule has 4 nitrogen and oxygen atoms in total. The van der Waals surface area contributed by atoms with Crippen molar-refractivity contribution in [1.82, 2.24) is 4.98 Å². The second kappa shape index (κ2) is 6.93. The van der Waals surface area contributed by atoms with Crippen LogP contribution < -0.4 is 10.6 Å². The summed E-state index contributed by atoms with van der Waals surface area (Å²) >= 11 is 1.73. The first-order valence-electron chi connectivity index (χ1n) is 8.90. The molecule has 2 saturated carbocycles. The van der Waals surface area contributed by atoms with Crippen LogP contribution in [0.25, 0.3) is 0 Å². The Hall–Kier alpha value is -1.88. The Bertz CT molecular complexity index is 717. The average Bonchev–Trinajstić information content (AvgIpc) is 3.29. The third-order valence-corrected chi connectivity index (χ3v) is 5.99. The van der Waals surface area contributed by atoms with Crippen molar-refractivity contribution < 1.29 is 4.79 Å². The lowest BCUT2D eigenvalue weighted by Gasteiger charge is -2.19. The van der Waals surface area contributed by atoms with E-state index in [4.69, 9.17) is 0 Å². The van der Waals surface area contributed by atoms with Gasteiger partial charge in [0.05, 0.1) is 23.1 Å². The Morgan fingerprint density at radius 2 is 1.96 bits per heavy atom. The molecule has 2 aromatic rings. The molecule has 2 N–H and O–H groups in total. The molecule has 126 valence electrons. The predicted octanol–water partition coefficient (Wildman–Crippen LogP) is 5.02. The maximum absolute atomic E-state index is 12.6. The highest BCUT2D eigenvalue weighted by molar-refractivity contribution is 7.10. The standard InChI is InChI=1S/C19H23N3OS/c23-19(14-10-18(24-12-14)13-4-2-1-3-5-13)22-17-11-20-9-8-16(17)21-15-6-7-15/h8-13,15H,1-7H2,(H,20,21)(H,22,23). The lowest BCUT2D eigenvalue weighted by atomic mass is 9.88. The molecule has 2 heterocycles. The Balaban J connectivity index is 1.45. The van der Waals surface area contributed by atoms with Crippen LogP contribution in [0, 0.1) is 0 Å². The number of hydrogen-bond donors (Lipinski definition) is 2. The molecular formula is C19H23N3OS. The van der Waals surface area contributed by atoms with Crippen LogP contribution in [0.15, 0.2) is 29.9 Å². The van der Waals surface area contributed by atoms with Crippen molar-refractivity contribution in [2.45, 2.75) is 56.9 Å². The van der Waals surface area contributed by atoms with Crippen LogP contribution in [-0.2, 0) is 0 Å². The van der Waals surface area contributed by atoms with Crippen LogP contribution in [-0.4, -0.2) is 16.9 Å². The number of pyridine rings is 1. The van der Waals surface area contributed by atoms with Crippen molar-refractivity contribution in [2.24, 2.45) is 0 Å². The number of thiophene rings is 1. The lowest BCUT2D eigenvalue weighted by Crippen LogP contribution is -2.14. The summed E-state index contributed by atoms with van der Waals surface area (Å²) in [6.45, 7) is 0. The number of carbonyl (C=O) groups is 1. The molecule has 0 spiro atoms. The van der Waals surface area contributed by atoms with Gasteiger partial charge in [-0.3, -0.25) is 9.78 Å². The van der Waals surface area contributed by atoms with Gasteiger partial charge in [-0.15, -0.1) is 11.3 Å². The highest BCUT2D eigenvalue weighted by Gasteiger charge is 2.23. The molecule has 1 amide bonds. The zero-order valence-electron chi connectivity index (χ0n) is 13.8. The molecular weight excluding hydrogens is 318 g/mol. The van der Waals surface area contributed by atoms with E-state index in [1.54, 1.807) is 23.7 Å².